The Morgan fingerprint density at radius 1 is 0.542 bits per heavy atom. The lowest BCUT2D eigenvalue weighted by Crippen LogP contribution is -2.37. The number of nitrogens with zero attached hydrogens (tertiary/aromatic N) is 6. The van der Waals surface area contributed by atoms with Crippen molar-refractivity contribution in [3.63, 3.8) is 0 Å². The van der Waals surface area contributed by atoms with E-state index in [0.29, 0.717) is 66.7 Å². The van der Waals surface area contributed by atoms with Crippen molar-refractivity contribution in [1.29, 1.82) is 10.8 Å². The van der Waals surface area contributed by atoms with Crippen LogP contribution < -0.4 is 35.2 Å². The predicted molar refractivity (Wildman–Crippen MR) is 237 cm³/mol. The van der Waals surface area contributed by atoms with Gasteiger partial charge in [0.15, 0.2) is 5.82 Å². The molecule has 0 saturated carbocycles. The highest BCUT2D eigenvalue weighted by Gasteiger charge is 2.23. The first-order valence-electron chi connectivity index (χ1n) is 19.7. The van der Waals surface area contributed by atoms with Gasteiger partial charge in [-0.05, 0) is 92.1 Å². The first-order chi connectivity index (χ1) is 29.0. The fraction of sp³-hybridized carbons (Fsp3) is 0.244. The molecule has 0 amide bonds. The lowest BCUT2D eigenvalue weighted by molar-refractivity contribution is 0.122. The van der Waals surface area contributed by atoms with Gasteiger partial charge in [0.25, 0.3) is 0 Å². The highest BCUT2D eigenvalue weighted by molar-refractivity contribution is 5.94. The standard InChI is InChI=1S/C23H25N5O.C22H24N6O2/c1-29-19-12-10-17(11-13-19)21-26-22(25-18-8-4-2-5-9-18)20(16-24)23(27-21)28-14-6-3-7-15-28;1-29-18-9-7-17(8-10-18)25-22-26-20(24-16-5-3-2-4-6-16)19(15-23)21(27-22)28-11-13-30-14-12-28/h2,4-5,8-13,16,24H,3,6-7,14-15H2,1H3,(H,25,26,27);2-10,15,23H,11-14H2,1H3,(H2,24,25,26,27). The van der Waals surface area contributed by atoms with E-state index in [4.69, 9.17) is 40.0 Å². The highest BCUT2D eigenvalue weighted by Crippen LogP contribution is 2.32. The Morgan fingerprint density at radius 2 is 1.03 bits per heavy atom. The SMILES string of the molecule is COc1ccc(-c2nc(Nc3ccccc3)c(C=N)c(N3CCCCC3)n2)cc1.COc1ccc(Nc2nc(Nc3ccccc3)c(C=N)c(N3CCOCC3)n2)cc1. The molecule has 2 aliphatic rings. The summed E-state index contributed by atoms with van der Waals surface area (Å²) in [6.45, 7) is 4.58. The van der Waals surface area contributed by atoms with E-state index >= 15 is 0 Å². The Balaban J connectivity index is 0.000000179. The number of piperidine rings is 1. The van der Waals surface area contributed by atoms with Gasteiger partial charge in [-0.15, -0.1) is 0 Å². The first kappa shape index (κ1) is 40.1. The largest absolute Gasteiger partial charge is 0.497 e. The van der Waals surface area contributed by atoms with Crippen molar-refractivity contribution in [2.24, 2.45) is 0 Å². The van der Waals surface area contributed by atoms with Crippen LogP contribution in [0.1, 0.15) is 30.4 Å². The molecule has 0 spiro atoms. The molecule has 2 saturated heterocycles. The van der Waals surface area contributed by atoms with E-state index in [-0.39, 0.29) is 0 Å². The maximum Gasteiger partial charge on any atom is 0.231 e. The molecule has 4 aromatic carbocycles. The maximum atomic E-state index is 8.05. The molecular formula is C45H49N11O3. The molecule has 5 N–H and O–H groups in total. The molecule has 0 bridgehead atoms. The molecule has 8 rings (SSSR count). The third kappa shape index (κ3) is 10.3. The van der Waals surface area contributed by atoms with Gasteiger partial charge in [0, 0.05) is 61.2 Å². The summed E-state index contributed by atoms with van der Waals surface area (Å²) in [4.78, 5) is 23.4. The monoisotopic (exact) mass is 791 g/mol. The van der Waals surface area contributed by atoms with Gasteiger partial charge in [-0.1, -0.05) is 36.4 Å². The first-order valence-corrected chi connectivity index (χ1v) is 19.7. The third-order valence-corrected chi connectivity index (χ3v) is 9.87. The lowest BCUT2D eigenvalue weighted by atomic mass is 10.1. The fourth-order valence-corrected chi connectivity index (χ4v) is 6.78. The van der Waals surface area contributed by atoms with Crippen LogP contribution in [0.4, 0.5) is 46.3 Å². The van der Waals surface area contributed by atoms with Gasteiger partial charge >= 0.3 is 0 Å². The molecule has 2 aliphatic heterocycles. The topological polar surface area (TPSA) is 170 Å². The molecule has 14 heteroatoms. The Hall–Kier alpha value is -7.06. The summed E-state index contributed by atoms with van der Waals surface area (Å²) in [5.74, 6) is 5.40. The number of ether oxygens (including phenoxy) is 3. The number of hydrogen-bond donors (Lipinski definition) is 5. The van der Waals surface area contributed by atoms with Crippen molar-refractivity contribution in [2.45, 2.75) is 19.3 Å². The van der Waals surface area contributed by atoms with Gasteiger partial charge in [-0.3, -0.25) is 0 Å². The van der Waals surface area contributed by atoms with Gasteiger partial charge in [0.1, 0.15) is 34.8 Å². The van der Waals surface area contributed by atoms with E-state index in [1.807, 2.05) is 109 Å². The van der Waals surface area contributed by atoms with Crippen LogP contribution in [-0.2, 0) is 4.74 Å². The third-order valence-electron chi connectivity index (χ3n) is 9.87. The van der Waals surface area contributed by atoms with E-state index in [1.54, 1.807) is 14.2 Å². The Bertz CT molecular complexity index is 2280. The molecule has 6 aromatic rings. The Labute approximate surface area is 344 Å². The minimum atomic E-state index is 0.450. The summed E-state index contributed by atoms with van der Waals surface area (Å²) in [5, 5.41) is 26.0. The van der Waals surface area contributed by atoms with Crippen LogP contribution in [0.3, 0.4) is 0 Å². The molecule has 2 aromatic heterocycles. The lowest BCUT2D eigenvalue weighted by Gasteiger charge is -2.29. The molecule has 4 heterocycles. The van der Waals surface area contributed by atoms with Gasteiger partial charge < -0.3 is 50.8 Å². The number of para-hydroxylation sites is 2. The molecule has 302 valence electrons. The molecule has 14 nitrogen and oxygen atoms in total. The van der Waals surface area contributed by atoms with E-state index in [0.717, 1.165) is 65.9 Å². The summed E-state index contributed by atoms with van der Waals surface area (Å²) < 4.78 is 16.0. The van der Waals surface area contributed by atoms with Gasteiger partial charge in [0.2, 0.25) is 5.95 Å². The Kier molecular flexibility index (Phi) is 13.5. The van der Waals surface area contributed by atoms with Crippen molar-refractivity contribution in [2.75, 3.05) is 79.4 Å². The molecule has 0 unspecified atom stereocenters. The van der Waals surface area contributed by atoms with E-state index in [2.05, 4.69) is 30.7 Å². The molecule has 0 radical (unpaired) electrons. The summed E-state index contributed by atoms with van der Waals surface area (Å²) >= 11 is 0. The van der Waals surface area contributed by atoms with Gasteiger partial charge in [0.05, 0.1) is 38.6 Å². The number of nitrogens with one attached hydrogen (secondary N) is 5. The second-order valence-electron chi connectivity index (χ2n) is 13.8. The number of aromatic nitrogens is 4. The van der Waals surface area contributed by atoms with E-state index in [9.17, 15) is 0 Å². The van der Waals surface area contributed by atoms with Crippen LogP contribution >= 0.6 is 0 Å². The van der Waals surface area contributed by atoms with Crippen LogP contribution in [-0.4, -0.2) is 86.0 Å². The zero-order valence-electron chi connectivity index (χ0n) is 33.3. The summed E-state index contributed by atoms with van der Waals surface area (Å²) in [6, 6.07) is 35.0. The van der Waals surface area contributed by atoms with Gasteiger partial charge in [-0.25, -0.2) is 9.97 Å². The smallest absolute Gasteiger partial charge is 0.231 e. The van der Waals surface area contributed by atoms with Crippen molar-refractivity contribution in [3.05, 3.63) is 120 Å². The fourth-order valence-electron chi connectivity index (χ4n) is 6.78. The average Bonchev–Trinajstić information content (AvgIpc) is 3.30. The zero-order valence-corrected chi connectivity index (χ0v) is 33.3. The predicted octanol–water partition coefficient (Wildman–Crippen LogP) is 8.69. The minimum Gasteiger partial charge on any atom is -0.497 e. The molecular weight excluding hydrogens is 743 g/mol. The van der Waals surface area contributed by atoms with Crippen LogP contribution in [0.25, 0.3) is 11.4 Å². The number of benzene rings is 4. The molecule has 59 heavy (non-hydrogen) atoms. The zero-order chi connectivity index (χ0) is 40.8. The van der Waals surface area contributed by atoms with Crippen LogP contribution in [0.15, 0.2) is 109 Å². The number of rotatable bonds is 13. The summed E-state index contributed by atoms with van der Waals surface area (Å²) in [7, 11) is 3.29. The molecule has 0 atom stereocenters. The minimum absolute atomic E-state index is 0.450. The molecule has 2 fully saturated rings. The van der Waals surface area contributed by atoms with Crippen molar-refractivity contribution < 1.29 is 14.2 Å². The van der Waals surface area contributed by atoms with E-state index in [1.165, 1.54) is 18.9 Å². The normalized spacial score (nSPS) is 13.7. The van der Waals surface area contributed by atoms with E-state index < -0.39 is 0 Å². The number of methoxy groups -OCH3 is 2. The molecule has 0 aliphatic carbocycles. The Morgan fingerprint density at radius 3 is 1.58 bits per heavy atom. The quantitative estimate of drug-likeness (QED) is 0.0707. The average molecular weight is 792 g/mol. The van der Waals surface area contributed by atoms with Crippen molar-refractivity contribution >= 4 is 58.7 Å². The summed E-state index contributed by atoms with van der Waals surface area (Å²) in [5.41, 5.74) is 4.94. The number of hydrogen-bond acceptors (Lipinski definition) is 14. The summed E-state index contributed by atoms with van der Waals surface area (Å²) in [6.07, 6.45) is 6.17. The second kappa shape index (κ2) is 19.9. The van der Waals surface area contributed by atoms with Crippen LogP contribution in [0.5, 0.6) is 11.5 Å². The number of anilines is 8. The van der Waals surface area contributed by atoms with Crippen LogP contribution in [0, 0.1) is 10.8 Å². The maximum absolute atomic E-state index is 8.05. The number of morpholine rings is 1. The van der Waals surface area contributed by atoms with Crippen molar-refractivity contribution in [1.82, 2.24) is 19.9 Å². The van der Waals surface area contributed by atoms with Crippen LogP contribution in [0.2, 0.25) is 0 Å². The van der Waals surface area contributed by atoms with Crippen molar-refractivity contribution in [3.8, 4) is 22.9 Å². The highest BCUT2D eigenvalue weighted by atomic mass is 16.5. The van der Waals surface area contributed by atoms with Gasteiger partial charge in [-0.2, -0.15) is 9.97 Å². The second-order valence-corrected chi connectivity index (χ2v) is 13.8.